The second-order valence-electron chi connectivity index (χ2n) is 4.70. The summed E-state index contributed by atoms with van der Waals surface area (Å²) in [5.41, 5.74) is 3.00. The van der Waals surface area contributed by atoms with Crippen molar-refractivity contribution in [3.8, 4) is 0 Å². The quantitative estimate of drug-likeness (QED) is 0.902. The number of anilines is 2. The van der Waals surface area contributed by atoms with Crippen molar-refractivity contribution in [2.24, 2.45) is 0 Å². The standard InChI is InChI=1S/C16H18FNO/c1-11-7-4-5-10-15(11)18(3)16-13(12(2)19)8-6-9-14(16)17/h4-10,12,19H,1-3H3. The summed E-state index contributed by atoms with van der Waals surface area (Å²) in [4.78, 5) is 1.78. The number of aryl methyl sites for hydroxylation is 1. The summed E-state index contributed by atoms with van der Waals surface area (Å²) in [5.74, 6) is -0.329. The molecular weight excluding hydrogens is 241 g/mol. The van der Waals surface area contributed by atoms with E-state index in [1.807, 2.05) is 38.2 Å². The predicted octanol–water partition coefficient (Wildman–Crippen LogP) is 3.96. The van der Waals surface area contributed by atoms with Crippen molar-refractivity contribution in [3.05, 3.63) is 59.4 Å². The molecule has 0 aliphatic carbocycles. The third-order valence-corrected chi connectivity index (χ3v) is 3.28. The van der Waals surface area contributed by atoms with Crippen molar-refractivity contribution in [1.82, 2.24) is 0 Å². The summed E-state index contributed by atoms with van der Waals surface area (Å²) >= 11 is 0. The van der Waals surface area contributed by atoms with E-state index >= 15 is 0 Å². The van der Waals surface area contributed by atoms with E-state index in [0.29, 0.717) is 11.3 Å². The van der Waals surface area contributed by atoms with E-state index in [1.165, 1.54) is 6.07 Å². The Kier molecular flexibility index (Phi) is 3.86. The summed E-state index contributed by atoms with van der Waals surface area (Å²) in [5, 5.41) is 9.80. The molecule has 1 N–H and O–H groups in total. The van der Waals surface area contributed by atoms with Crippen LogP contribution in [0, 0.1) is 12.7 Å². The lowest BCUT2D eigenvalue weighted by Gasteiger charge is -2.25. The molecule has 0 heterocycles. The number of nitrogens with zero attached hydrogens (tertiary/aromatic N) is 1. The molecule has 2 aromatic carbocycles. The Bertz CT molecular complexity index is 581. The van der Waals surface area contributed by atoms with E-state index in [2.05, 4.69) is 0 Å². The molecule has 3 heteroatoms. The van der Waals surface area contributed by atoms with Gasteiger partial charge in [0.25, 0.3) is 0 Å². The maximum absolute atomic E-state index is 14.1. The highest BCUT2D eigenvalue weighted by atomic mass is 19.1. The minimum Gasteiger partial charge on any atom is -0.389 e. The monoisotopic (exact) mass is 259 g/mol. The highest BCUT2D eigenvalue weighted by Gasteiger charge is 2.18. The van der Waals surface area contributed by atoms with Gasteiger partial charge in [0.05, 0.1) is 11.8 Å². The van der Waals surface area contributed by atoms with Crippen LogP contribution in [0.5, 0.6) is 0 Å². The van der Waals surface area contributed by atoms with Crippen LogP contribution in [0.25, 0.3) is 0 Å². The number of para-hydroxylation sites is 2. The molecule has 0 aliphatic rings. The highest BCUT2D eigenvalue weighted by Crippen LogP contribution is 2.34. The van der Waals surface area contributed by atoms with Crippen molar-refractivity contribution >= 4 is 11.4 Å². The van der Waals surface area contributed by atoms with Gasteiger partial charge >= 0.3 is 0 Å². The van der Waals surface area contributed by atoms with E-state index in [0.717, 1.165) is 11.3 Å². The molecule has 2 aromatic rings. The first-order valence-corrected chi connectivity index (χ1v) is 6.28. The van der Waals surface area contributed by atoms with Gasteiger partial charge in [0, 0.05) is 18.3 Å². The average molecular weight is 259 g/mol. The molecule has 19 heavy (non-hydrogen) atoms. The third kappa shape index (κ3) is 2.61. The lowest BCUT2D eigenvalue weighted by atomic mass is 10.1. The zero-order valence-corrected chi connectivity index (χ0v) is 11.4. The molecule has 0 fully saturated rings. The second-order valence-corrected chi connectivity index (χ2v) is 4.70. The van der Waals surface area contributed by atoms with E-state index < -0.39 is 6.10 Å². The van der Waals surface area contributed by atoms with Crippen molar-refractivity contribution in [1.29, 1.82) is 0 Å². The number of aliphatic hydroxyl groups excluding tert-OH is 1. The van der Waals surface area contributed by atoms with E-state index in [1.54, 1.807) is 24.0 Å². The van der Waals surface area contributed by atoms with E-state index in [9.17, 15) is 9.50 Å². The minimum atomic E-state index is -0.711. The molecule has 100 valence electrons. The van der Waals surface area contributed by atoms with Crippen LogP contribution in [0.15, 0.2) is 42.5 Å². The number of hydrogen-bond donors (Lipinski definition) is 1. The van der Waals surface area contributed by atoms with Crippen molar-refractivity contribution in [2.45, 2.75) is 20.0 Å². The Morgan fingerprint density at radius 2 is 1.79 bits per heavy atom. The van der Waals surface area contributed by atoms with Gasteiger partial charge in [0.1, 0.15) is 5.82 Å². The fourth-order valence-corrected chi connectivity index (χ4v) is 2.28. The van der Waals surface area contributed by atoms with Gasteiger partial charge in [-0.25, -0.2) is 4.39 Å². The fourth-order valence-electron chi connectivity index (χ4n) is 2.28. The molecule has 0 amide bonds. The van der Waals surface area contributed by atoms with Crippen LogP contribution in [0.1, 0.15) is 24.2 Å². The molecule has 0 saturated heterocycles. The minimum absolute atomic E-state index is 0.329. The van der Waals surface area contributed by atoms with Crippen molar-refractivity contribution < 1.29 is 9.50 Å². The molecule has 0 spiro atoms. The number of aliphatic hydroxyl groups is 1. The summed E-state index contributed by atoms with van der Waals surface area (Å²) in [6.07, 6.45) is -0.711. The highest BCUT2D eigenvalue weighted by molar-refractivity contribution is 5.69. The van der Waals surface area contributed by atoms with Gasteiger partial charge in [-0.15, -0.1) is 0 Å². The summed E-state index contributed by atoms with van der Waals surface area (Å²) in [6.45, 7) is 3.62. The summed E-state index contributed by atoms with van der Waals surface area (Å²) < 4.78 is 14.1. The Labute approximate surface area is 113 Å². The van der Waals surface area contributed by atoms with Gasteiger partial charge in [0.2, 0.25) is 0 Å². The van der Waals surface area contributed by atoms with Crippen LogP contribution in [0.3, 0.4) is 0 Å². The maximum atomic E-state index is 14.1. The van der Waals surface area contributed by atoms with Crippen LogP contribution < -0.4 is 4.90 Å². The summed E-state index contributed by atoms with van der Waals surface area (Å²) in [6, 6.07) is 12.6. The third-order valence-electron chi connectivity index (χ3n) is 3.28. The first-order chi connectivity index (χ1) is 9.02. The van der Waals surface area contributed by atoms with Crippen LogP contribution in [-0.4, -0.2) is 12.2 Å². The van der Waals surface area contributed by atoms with Crippen molar-refractivity contribution in [2.75, 3.05) is 11.9 Å². The SMILES string of the molecule is Cc1ccccc1N(C)c1c(F)cccc1C(C)O. The lowest BCUT2D eigenvalue weighted by Crippen LogP contribution is -2.15. The Hall–Kier alpha value is -1.87. The molecule has 0 bridgehead atoms. The maximum Gasteiger partial charge on any atom is 0.147 e. The normalized spacial score (nSPS) is 12.3. The topological polar surface area (TPSA) is 23.5 Å². The summed E-state index contributed by atoms with van der Waals surface area (Å²) in [7, 11) is 1.81. The molecule has 0 radical (unpaired) electrons. The van der Waals surface area contributed by atoms with Crippen molar-refractivity contribution in [3.63, 3.8) is 0 Å². The first kappa shape index (κ1) is 13.6. The number of hydrogen-bond acceptors (Lipinski definition) is 2. The number of rotatable bonds is 3. The lowest BCUT2D eigenvalue weighted by molar-refractivity contribution is 0.199. The van der Waals surface area contributed by atoms with E-state index in [4.69, 9.17) is 0 Å². The van der Waals surface area contributed by atoms with Gasteiger partial charge in [-0.05, 0) is 31.5 Å². The molecule has 2 nitrogen and oxygen atoms in total. The van der Waals surface area contributed by atoms with E-state index in [-0.39, 0.29) is 5.82 Å². The largest absolute Gasteiger partial charge is 0.389 e. The molecule has 1 atom stereocenters. The molecule has 0 aliphatic heterocycles. The van der Waals surface area contributed by atoms with Crippen LogP contribution in [-0.2, 0) is 0 Å². The van der Waals surface area contributed by atoms with Gasteiger partial charge in [-0.1, -0.05) is 30.3 Å². The second kappa shape index (κ2) is 5.41. The average Bonchev–Trinajstić information content (AvgIpc) is 2.38. The number of halogens is 1. The predicted molar refractivity (Wildman–Crippen MR) is 76.3 cm³/mol. The van der Waals surface area contributed by atoms with Gasteiger partial charge in [0.15, 0.2) is 0 Å². The fraction of sp³-hybridized carbons (Fsp3) is 0.250. The molecule has 1 unspecified atom stereocenters. The zero-order chi connectivity index (χ0) is 14.0. The Morgan fingerprint density at radius 3 is 2.42 bits per heavy atom. The van der Waals surface area contributed by atoms with Crippen LogP contribution in [0.4, 0.5) is 15.8 Å². The van der Waals surface area contributed by atoms with Gasteiger partial charge in [-0.3, -0.25) is 0 Å². The Morgan fingerprint density at radius 1 is 1.11 bits per heavy atom. The zero-order valence-electron chi connectivity index (χ0n) is 11.4. The van der Waals surface area contributed by atoms with Gasteiger partial charge < -0.3 is 10.0 Å². The van der Waals surface area contributed by atoms with Gasteiger partial charge in [-0.2, -0.15) is 0 Å². The molecule has 0 aromatic heterocycles. The van der Waals surface area contributed by atoms with Crippen LogP contribution in [0.2, 0.25) is 0 Å². The molecular formula is C16H18FNO. The molecule has 0 saturated carbocycles. The Balaban J connectivity index is 2.56. The number of benzene rings is 2. The van der Waals surface area contributed by atoms with Crippen LogP contribution >= 0.6 is 0 Å². The smallest absolute Gasteiger partial charge is 0.147 e. The molecule has 2 rings (SSSR count). The first-order valence-electron chi connectivity index (χ1n) is 6.28.